The minimum Gasteiger partial charge on any atom is -0.366 e. The zero-order valence-electron chi connectivity index (χ0n) is 16.9. The Kier molecular flexibility index (Phi) is 7.80. The molecule has 3 amide bonds. The van der Waals surface area contributed by atoms with Gasteiger partial charge < -0.3 is 16.4 Å². The van der Waals surface area contributed by atoms with E-state index in [1.54, 1.807) is 61.5 Å². The van der Waals surface area contributed by atoms with Crippen molar-refractivity contribution < 1.29 is 14.4 Å². The maximum atomic E-state index is 12.5. The van der Waals surface area contributed by atoms with Crippen molar-refractivity contribution in [3.8, 4) is 0 Å². The van der Waals surface area contributed by atoms with Gasteiger partial charge in [-0.2, -0.15) is 0 Å². The van der Waals surface area contributed by atoms with Crippen molar-refractivity contribution in [1.29, 1.82) is 0 Å². The number of benzene rings is 3. The highest BCUT2D eigenvalue weighted by Crippen LogP contribution is 2.28. The van der Waals surface area contributed by atoms with E-state index in [-0.39, 0.29) is 16.8 Å². The Labute approximate surface area is 199 Å². The first-order valence-electron chi connectivity index (χ1n) is 9.47. The van der Waals surface area contributed by atoms with Crippen molar-refractivity contribution in [1.82, 2.24) is 0 Å². The van der Waals surface area contributed by atoms with Gasteiger partial charge in [0.15, 0.2) is 0 Å². The lowest BCUT2D eigenvalue weighted by atomic mass is 10.2. The maximum Gasteiger partial charge on any atom is 0.257 e. The lowest BCUT2D eigenvalue weighted by Crippen LogP contribution is -2.22. The fraction of sp³-hybridized carbons (Fsp3) is 0.0870. The average Bonchev–Trinajstić information content (AvgIpc) is 2.74. The highest BCUT2D eigenvalue weighted by molar-refractivity contribution is 8.00. The number of primary amides is 1. The van der Waals surface area contributed by atoms with Crippen molar-refractivity contribution >= 4 is 64.1 Å². The maximum absolute atomic E-state index is 12.5. The molecular formula is C23H19Cl2N3O3S. The van der Waals surface area contributed by atoms with Crippen LogP contribution in [-0.2, 0) is 4.79 Å². The molecule has 0 bridgehead atoms. The fourth-order valence-electron chi connectivity index (χ4n) is 2.74. The Balaban J connectivity index is 1.62. The Morgan fingerprint density at radius 1 is 0.906 bits per heavy atom. The van der Waals surface area contributed by atoms with Gasteiger partial charge in [-0.25, -0.2) is 0 Å². The molecule has 0 saturated heterocycles. The average molecular weight is 488 g/mol. The van der Waals surface area contributed by atoms with Gasteiger partial charge in [-0.1, -0.05) is 29.3 Å². The van der Waals surface area contributed by atoms with E-state index in [4.69, 9.17) is 28.9 Å². The van der Waals surface area contributed by atoms with Gasteiger partial charge >= 0.3 is 0 Å². The smallest absolute Gasteiger partial charge is 0.257 e. The van der Waals surface area contributed by atoms with E-state index in [0.29, 0.717) is 27.5 Å². The SMILES string of the molecule is CC(Sc1cccc(NC(=O)c2ccc(Cl)cc2Cl)c1)C(=O)Nc1ccc(C(N)=O)cc1. The molecule has 0 radical (unpaired) electrons. The summed E-state index contributed by atoms with van der Waals surface area (Å²) in [4.78, 5) is 37.0. The molecule has 32 heavy (non-hydrogen) atoms. The Hall–Kier alpha value is -3.00. The molecule has 9 heteroatoms. The summed E-state index contributed by atoms with van der Waals surface area (Å²) in [5.74, 6) is -1.10. The molecule has 3 aromatic carbocycles. The van der Waals surface area contributed by atoms with Crippen LogP contribution in [0.5, 0.6) is 0 Å². The van der Waals surface area contributed by atoms with Crippen molar-refractivity contribution in [2.24, 2.45) is 5.73 Å². The van der Waals surface area contributed by atoms with Crippen molar-refractivity contribution in [3.63, 3.8) is 0 Å². The molecule has 1 atom stereocenters. The Morgan fingerprint density at radius 3 is 2.28 bits per heavy atom. The van der Waals surface area contributed by atoms with Gasteiger partial charge in [0, 0.05) is 26.9 Å². The third-order valence-corrected chi connectivity index (χ3v) is 6.03. The van der Waals surface area contributed by atoms with Gasteiger partial charge in [-0.3, -0.25) is 14.4 Å². The van der Waals surface area contributed by atoms with Crippen LogP contribution in [0.3, 0.4) is 0 Å². The molecule has 0 aromatic heterocycles. The number of carbonyl (C=O) groups excluding carboxylic acids is 3. The summed E-state index contributed by atoms with van der Waals surface area (Å²) in [6.45, 7) is 1.77. The molecule has 4 N–H and O–H groups in total. The fourth-order valence-corrected chi connectivity index (χ4v) is 4.16. The molecule has 0 aliphatic carbocycles. The summed E-state index contributed by atoms with van der Waals surface area (Å²) in [6, 6.07) is 18.2. The molecule has 1 unspecified atom stereocenters. The molecule has 6 nitrogen and oxygen atoms in total. The predicted octanol–water partition coefficient (Wildman–Crippen LogP) is 5.46. The topological polar surface area (TPSA) is 101 Å². The first kappa shape index (κ1) is 23.7. The van der Waals surface area contributed by atoms with E-state index in [2.05, 4.69) is 10.6 Å². The lowest BCUT2D eigenvalue weighted by Gasteiger charge is -2.13. The molecule has 0 aliphatic heterocycles. The van der Waals surface area contributed by atoms with E-state index < -0.39 is 11.2 Å². The van der Waals surface area contributed by atoms with E-state index in [9.17, 15) is 14.4 Å². The van der Waals surface area contributed by atoms with E-state index >= 15 is 0 Å². The summed E-state index contributed by atoms with van der Waals surface area (Å²) in [5, 5.41) is 5.89. The van der Waals surface area contributed by atoms with Gasteiger partial charge in [-0.15, -0.1) is 11.8 Å². The number of nitrogens with one attached hydrogen (secondary N) is 2. The highest BCUT2D eigenvalue weighted by Gasteiger charge is 2.16. The Bertz CT molecular complexity index is 1170. The van der Waals surface area contributed by atoms with Gasteiger partial charge in [0.05, 0.1) is 15.8 Å². The molecule has 0 aliphatic rings. The van der Waals surface area contributed by atoms with Crippen LogP contribution < -0.4 is 16.4 Å². The minimum absolute atomic E-state index is 0.204. The number of carbonyl (C=O) groups is 3. The minimum atomic E-state index is -0.530. The van der Waals surface area contributed by atoms with E-state index in [1.165, 1.54) is 17.8 Å². The zero-order valence-corrected chi connectivity index (χ0v) is 19.2. The lowest BCUT2D eigenvalue weighted by molar-refractivity contribution is -0.115. The van der Waals surface area contributed by atoms with Crippen LogP contribution >= 0.6 is 35.0 Å². The number of amides is 3. The number of halogens is 2. The molecule has 0 saturated carbocycles. The normalized spacial score (nSPS) is 11.5. The zero-order chi connectivity index (χ0) is 23.3. The number of hydrogen-bond donors (Lipinski definition) is 3. The number of nitrogens with two attached hydrogens (primary N) is 1. The molecule has 164 valence electrons. The van der Waals surface area contributed by atoms with E-state index in [1.807, 2.05) is 6.07 Å². The number of thioether (sulfide) groups is 1. The van der Waals surface area contributed by atoms with Crippen LogP contribution in [0.2, 0.25) is 10.0 Å². The largest absolute Gasteiger partial charge is 0.366 e. The van der Waals surface area contributed by atoms with Crippen LogP contribution in [0.4, 0.5) is 11.4 Å². The first-order valence-corrected chi connectivity index (χ1v) is 11.1. The summed E-state index contributed by atoms with van der Waals surface area (Å²) >= 11 is 13.3. The van der Waals surface area contributed by atoms with Gasteiger partial charge in [0.2, 0.25) is 11.8 Å². The third-order valence-electron chi connectivity index (χ3n) is 4.39. The van der Waals surface area contributed by atoms with Gasteiger partial charge in [0.25, 0.3) is 5.91 Å². The van der Waals surface area contributed by atoms with Crippen LogP contribution in [0.1, 0.15) is 27.6 Å². The van der Waals surface area contributed by atoms with Crippen LogP contribution in [0, 0.1) is 0 Å². The molecule has 3 rings (SSSR count). The molecular weight excluding hydrogens is 469 g/mol. The van der Waals surface area contributed by atoms with Crippen molar-refractivity contribution in [2.75, 3.05) is 10.6 Å². The number of anilines is 2. The molecule has 0 fully saturated rings. The number of hydrogen-bond acceptors (Lipinski definition) is 4. The summed E-state index contributed by atoms with van der Waals surface area (Å²) in [6.07, 6.45) is 0. The quantitative estimate of drug-likeness (QED) is 0.384. The molecule has 0 spiro atoms. The molecule has 3 aromatic rings. The van der Waals surface area contributed by atoms with Gasteiger partial charge in [-0.05, 0) is 67.6 Å². The van der Waals surface area contributed by atoms with E-state index in [0.717, 1.165) is 4.90 Å². The summed E-state index contributed by atoms with van der Waals surface area (Å²) < 4.78 is 0. The first-order chi connectivity index (χ1) is 15.2. The third kappa shape index (κ3) is 6.26. The van der Waals surface area contributed by atoms with Crippen LogP contribution in [0.25, 0.3) is 0 Å². The summed E-state index contributed by atoms with van der Waals surface area (Å²) in [5.41, 5.74) is 7.03. The monoisotopic (exact) mass is 487 g/mol. The highest BCUT2D eigenvalue weighted by atomic mass is 35.5. The summed E-state index contributed by atoms with van der Waals surface area (Å²) in [7, 11) is 0. The molecule has 0 heterocycles. The number of rotatable bonds is 7. The second-order valence-electron chi connectivity index (χ2n) is 6.80. The second-order valence-corrected chi connectivity index (χ2v) is 9.05. The van der Waals surface area contributed by atoms with Crippen molar-refractivity contribution in [3.05, 3.63) is 87.9 Å². The Morgan fingerprint density at radius 2 is 1.62 bits per heavy atom. The van der Waals surface area contributed by atoms with Crippen LogP contribution in [-0.4, -0.2) is 23.0 Å². The van der Waals surface area contributed by atoms with Crippen molar-refractivity contribution in [2.45, 2.75) is 17.1 Å². The van der Waals surface area contributed by atoms with Crippen LogP contribution in [0.15, 0.2) is 71.6 Å². The van der Waals surface area contributed by atoms with Gasteiger partial charge in [0.1, 0.15) is 0 Å². The standard InChI is InChI=1S/C23H19Cl2N3O3S/c1-13(22(30)27-16-8-5-14(6-9-16)21(26)29)32-18-4-2-3-17(12-18)28-23(31)19-10-7-15(24)11-20(19)25/h2-13H,1H3,(H2,26,29)(H,27,30)(H,28,31). The predicted molar refractivity (Wildman–Crippen MR) is 130 cm³/mol. The second kappa shape index (κ2) is 10.5.